The Morgan fingerprint density at radius 2 is 1.59 bits per heavy atom. The fraction of sp³-hybridized carbons (Fsp3) is 0.348. The van der Waals surface area contributed by atoms with E-state index in [4.69, 9.17) is 0 Å². The van der Waals surface area contributed by atoms with Gasteiger partial charge in [-0.3, -0.25) is 14.5 Å². The number of benzene rings is 2. The zero-order valence-corrected chi connectivity index (χ0v) is 18.1. The predicted molar refractivity (Wildman–Crippen MR) is 118 cm³/mol. The van der Waals surface area contributed by atoms with Crippen molar-refractivity contribution in [2.45, 2.75) is 6.04 Å². The van der Waals surface area contributed by atoms with E-state index in [1.165, 1.54) is 43.5 Å². The molecule has 1 atom stereocenters. The molecule has 0 unspecified atom stereocenters. The van der Waals surface area contributed by atoms with Crippen LogP contribution in [0.3, 0.4) is 0 Å². The largest absolute Gasteiger partial charge is 0.465 e. The van der Waals surface area contributed by atoms with Gasteiger partial charge in [0.15, 0.2) is 0 Å². The maximum atomic E-state index is 13.4. The summed E-state index contributed by atoms with van der Waals surface area (Å²) in [6.07, 6.45) is 0. The van der Waals surface area contributed by atoms with Gasteiger partial charge in [0.1, 0.15) is 5.82 Å². The van der Waals surface area contributed by atoms with E-state index in [9.17, 15) is 18.8 Å². The Morgan fingerprint density at radius 3 is 2.19 bits per heavy atom. The van der Waals surface area contributed by atoms with Crippen LogP contribution in [0.5, 0.6) is 0 Å². The minimum atomic E-state index is -0.813. The van der Waals surface area contributed by atoms with E-state index in [-0.39, 0.29) is 18.4 Å². The molecule has 9 heteroatoms. The van der Waals surface area contributed by atoms with Crippen LogP contribution in [-0.2, 0) is 14.3 Å². The number of amides is 2. The quantitative estimate of drug-likeness (QED) is 0.522. The standard InChI is InChI=1S/C23H27FN4O4/c1-27-11-13-28(14-12-27)20(16-3-7-18(24)8-4-16)15-25-21(29)22(30)26-19-9-5-17(6-10-19)23(31)32-2/h3-10,20H,11-15H2,1-2H3,(H,25,29)(H,26,30)/t20-/m0/s1. The maximum Gasteiger partial charge on any atom is 0.337 e. The van der Waals surface area contributed by atoms with Crippen molar-refractivity contribution >= 4 is 23.5 Å². The lowest BCUT2D eigenvalue weighted by Gasteiger charge is -2.38. The van der Waals surface area contributed by atoms with E-state index in [1.54, 1.807) is 12.1 Å². The van der Waals surface area contributed by atoms with Gasteiger partial charge in [-0.2, -0.15) is 0 Å². The molecular formula is C23H27FN4O4. The average Bonchev–Trinajstić information content (AvgIpc) is 2.81. The Labute approximate surface area is 186 Å². The molecule has 3 rings (SSSR count). The Hall–Kier alpha value is -3.30. The number of rotatable bonds is 6. The number of piperazine rings is 1. The molecule has 8 nitrogen and oxygen atoms in total. The maximum absolute atomic E-state index is 13.4. The van der Waals surface area contributed by atoms with Gasteiger partial charge in [0.05, 0.1) is 18.7 Å². The fourth-order valence-corrected chi connectivity index (χ4v) is 3.54. The lowest BCUT2D eigenvalue weighted by atomic mass is 10.0. The van der Waals surface area contributed by atoms with Crippen molar-refractivity contribution in [1.29, 1.82) is 0 Å². The molecule has 1 aliphatic rings. The van der Waals surface area contributed by atoms with Gasteiger partial charge in [-0.25, -0.2) is 9.18 Å². The molecule has 170 valence electrons. The molecule has 1 fully saturated rings. The van der Waals surface area contributed by atoms with Gasteiger partial charge in [-0.05, 0) is 49.0 Å². The first-order valence-corrected chi connectivity index (χ1v) is 10.3. The van der Waals surface area contributed by atoms with Crippen molar-refractivity contribution < 1.29 is 23.5 Å². The molecule has 1 aliphatic heterocycles. The molecule has 2 N–H and O–H groups in total. The highest BCUT2D eigenvalue weighted by atomic mass is 19.1. The number of ether oxygens (including phenoxy) is 1. The number of methoxy groups -OCH3 is 1. The summed E-state index contributed by atoms with van der Waals surface area (Å²) in [6.45, 7) is 3.57. The molecule has 0 aromatic heterocycles. The number of anilines is 1. The number of carbonyl (C=O) groups is 3. The summed E-state index contributed by atoms with van der Waals surface area (Å²) in [5.74, 6) is -2.40. The first kappa shape index (κ1) is 23.4. The molecule has 2 aromatic rings. The highest BCUT2D eigenvalue weighted by Gasteiger charge is 2.25. The van der Waals surface area contributed by atoms with Gasteiger partial charge in [0, 0.05) is 38.4 Å². The number of nitrogens with one attached hydrogen (secondary N) is 2. The van der Waals surface area contributed by atoms with E-state index >= 15 is 0 Å². The number of carbonyl (C=O) groups excluding carboxylic acids is 3. The number of nitrogens with zero attached hydrogens (tertiary/aromatic N) is 2. The van der Waals surface area contributed by atoms with E-state index in [0.29, 0.717) is 11.3 Å². The monoisotopic (exact) mass is 442 g/mol. The van der Waals surface area contributed by atoms with Crippen molar-refractivity contribution in [3.05, 3.63) is 65.5 Å². The van der Waals surface area contributed by atoms with Gasteiger partial charge in [-0.1, -0.05) is 12.1 Å². The second-order valence-corrected chi connectivity index (χ2v) is 7.64. The van der Waals surface area contributed by atoms with Crippen molar-refractivity contribution in [3.63, 3.8) is 0 Å². The zero-order valence-electron chi connectivity index (χ0n) is 18.1. The molecule has 0 bridgehead atoms. The molecule has 0 radical (unpaired) electrons. The second kappa shape index (κ2) is 10.8. The van der Waals surface area contributed by atoms with Gasteiger partial charge >= 0.3 is 17.8 Å². The third-order valence-corrected chi connectivity index (χ3v) is 5.46. The topological polar surface area (TPSA) is 91.0 Å². The molecule has 1 heterocycles. The summed E-state index contributed by atoms with van der Waals surface area (Å²) >= 11 is 0. The molecule has 0 aliphatic carbocycles. The average molecular weight is 442 g/mol. The predicted octanol–water partition coefficient (Wildman–Crippen LogP) is 1.66. The summed E-state index contributed by atoms with van der Waals surface area (Å²) in [5, 5.41) is 5.20. The van der Waals surface area contributed by atoms with Crippen molar-refractivity contribution in [2.75, 3.05) is 52.2 Å². The van der Waals surface area contributed by atoms with Gasteiger partial charge in [-0.15, -0.1) is 0 Å². The number of hydrogen-bond acceptors (Lipinski definition) is 6. The number of halogens is 1. The summed E-state index contributed by atoms with van der Waals surface area (Å²) in [6, 6.07) is 12.0. The molecule has 0 saturated carbocycles. The van der Waals surface area contributed by atoms with Crippen LogP contribution in [0.2, 0.25) is 0 Å². The zero-order chi connectivity index (χ0) is 23.1. The van der Waals surface area contributed by atoms with Gasteiger partial charge < -0.3 is 20.3 Å². The van der Waals surface area contributed by atoms with Crippen LogP contribution in [-0.4, -0.2) is 74.5 Å². The summed E-state index contributed by atoms with van der Waals surface area (Å²) in [7, 11) is 3.33. The highest BCUT2D eigenvalue weighted by Crippen LogP contribution is 2.22. The smallest absolute Gasteiger partial charge is 0.337 e. The number of likely N-dealkylation sites (N-methyl/N-ethyl adjacent to an activating group) is 1. The minimum Gasteiger partial charge on any atom is -0.465 e. The van der Waals surface area contributed by atoms with Crippen LogP contribution in [0, 0.1) is 5.82 Å². The van der Waals surface area contributed by atoms with Crippen molar-refractivity contribution in [3.8, 4) is 0 Å². The Bertz CT molecular complexity index is 941. The SMILES string of the molecule is COC(=O)c1ccc(NC(=O)C(=O)NC[C@@H](c2ccc(F)cc2)N2CCN(C)CC2)cc1. The normalized spacial score (nSPS) is 15.6. The molecule has 2 aromatic carbocycles. The van der Waals surface area contributed by atoms with Crippen molar-refractivity contribution in [2.24, 2.45) is 0 Å². The Kier molecular flexibility index (Phi) is 7.91. The first-order chi connectivity index (χ1) is 15.4. The summed E-state index contributed by atoms with van der Waals surface area (Å²) < 4.78 is 18.0. The van der Waals surface area contributed by atoms with Gasteiger partial charge in [0.25, 0.3) is 0 Å². The van der Waals surface area contributed by atoms with Crippen LogP contribution in [0.15, 0.2) is 48.5 Å². The Morgan fingerprint density at radius 1 is 0.969 bits per heavy atom. The molecule has 2 amide bonds. The number of esters is 1. The van der Waals surface area contributed by atoms with Crippen LogP contribution in [0.1, 0.15) is 22.0 Å². The van der Waals surface area contributed by atoms with E-state index in [2.05, 4.69) is 25.2 Å². The lowest BCUT2D eigenvalue weighted by molar-refractivity contribution is -0.136. The summed E-state index contributed by atoms with van der Waals surface area (Å²) in [4.78, 5) is 40.6. The Balaban J connectivity index is 1.61. The van der Waals surface area contributed by atoms with Crippen LogP contribution in [0.4, 0.5) is 10.1 Å². The molecule has 0 spiro atoms. The van der Waals surface area contributed by atoms with E-state index in [1.807, 2.05) is 7.05 Å². The first-order valence-electron chi connectivity index (χ1n) is 10.3. The molecule has 1 saturated heterocycles. The van der Waals surface area contributed by atoms with Crippen LogP contribution < -0.4 is 10.6 Å². The van der Waals surface area contributed by atoms with Crippen molar-refractivity contribution in [1.82, 2.24) is 15.1 Å². The highest BCUT2D eigenvalue weighted by molar-refractivity contribution is 6.39. The fourth-order valence-electron chi connectivity index (χ4n) is 3.54. The lowest BCUT2D eigenvalue weighted by Crippen LogP contribution is -2.49. The van der Waals surface area contributed by atoms with E-state index in [0.717, 1.165) is 31.7 Å². The van der Waals surface area contributed by atoms with Crippen LogP contribution in [0.25, 0.3) is 0 Å². The van der Waals surface area contributed by atoms with Gasteiger partial charge in [0.2, 0.25) is 0 Å². The third-order valence-electron chi connectivity index (χ3n) is 5.46. The third kappa shape index (κ3) is 6.12. The molecule has 32 heavy (non-hydrogen) atoms. The molecular weight excluding hydrogens is 415 g/mol. The number of hydrogen-bond donors (Lipinski definition) is 2. The minimum absolute atomic E-state index is 0.180. The summed E-state index contributed by atoms with van der Waals surface area (Å²) in [5.41, 5.74) is 1.59. The second-order valence-electron chi connectivity index (χ2n) is 7.64. The van der Waals surface area contributed by atoms with E-state index < -0.39 is 17.8 Å². The van der Waals surface area contributed by atoms with Crippen LogP contribution >= 0.6 is 0 Å².